The highest BCUT2D eigenvalue weighted by molar-refractivity contribution is 6.00. The van der Waals surface area contributed by atoms with Crippen molar-refractivity contribution in [2.24, 2.45) is 29.1 Å². The smallest absolute Gasteiger partial charge is 0.162 e. The highest BCUT2D eigenvalue weighted by atomic mass is 16.1. The van der Waals surface area contributed by atoms with Crippen molar-refractivity contribution in [1.29, 1.82) is 0 Å². The van der Waals surface area contributed by atoms with Crippen LogP contribution in [0.25, 0.3) is 0 Å². The molecular weight excluding hydrogens is 184 g/mol. The van der Waals surface area contributed by atoms with Gasteiger partial charge in [-0.2, -0.15) is 0 Å². The van der Waals surface area contributed by atoms with Gasteiger partial charge in [-0.3, -0.25) is 4.79 Å². The van der Waals surface area contributed by atoms with Crippen molar-refractivity contribution >= 4 is 5.78 Å². The minimum absolute atomic E-state index is 0.442. The van der Waals surface area contributed by atoms with E-state index in [1.807, 2.05) is 0 Å². The molecule has 15 heavy (non-hydrogen) atoms. The number of carbonyl (C=O) groups excluding carboxylic acids is 1. The fourth-order valence-electron chi connectivity index (χ4n) is 5.52. The molecule has 0 bridgehead atoms. The normalized spacial score (nSPS) is 55.7. The van der Waals surface area contributed by atoms with Crippen LogP contribution in [-0.4, -0.2) is 5.78 Å². The van der Waals surface area contributed by atoms with Crippen LogP contribution in [0.1, 0.15) is 39.5 Å². The second-order valence-electron chi connectivity index (χ2n) is 6.22. The predicted octanol–water partition coefficient (Wildman–Crippen LogP) is 2.96. The first-order valence-electron chi connectivity index (χ1n) is 6.39. The molecule has 3 saturated carbocycles. The molecule has 0 amide bonds. The third-order valence-corrected chi connectivity index (χ3v) is 6.33. The summed E-state index contributed by atoms with van der Waals surface area (Å²) in [5, 5.41) is 0. The summed E-state index contributed by atoms with van der Waals surface area (Å²) in [5.74, 6) is 3.58. The lowest BCUT2D eigenvalue weighted by Crippen LogP contribution is -2.66. The third-order valence-electron chi connectivity index (χ3n) is 6.33. The Morgan fingerprint density at radius 3 is 2.33 bits per heavy atom. The van der Waals surface area contributed by atoms with Crippen LogP contribution in [0.2, 0.25) is 0 Å². The van der Waals surface area contributed by atoms with E-state index in [1.165, 1.54) is 31.3 Å². The van der Waals surface area contributed by atoms with Crippen LogP contribution in [0.4, 0.5) is 0 Å². The molecule has 0 saturated heterocycles. The summed E-state index contributed by atoms with van der Waals surface area (Å²) >= 11 is 0. The maximum atomic E-state index is 12.2. The first-order valence-corrected chi connectivity index (χ1v) is 6.39. The molecule has 5 atom stereocenters. The lowest BCUT2D eigenvalue weighted by Gasteiger charge is -2.68. The number of hydrogen-bond donors (Lipinski definition) is 0. The number of allylic oxidation sites excluding steroid dienone is 2. The summed E-state index contributed by atoms with van der Waals surface area (Å²) in [5.41, 5.74) is 3.05. The molecule has 1 spiro atoms. The molecular formula is C14H18O. The van der Waals surface area contributed by atoms with Gasteiger partial charge in [0.25, 0.3) is 0 Å². The molecule has 4 rings (SSSR count). The van der Waals surface area contributed by atoms with E-state index < -0.39 is 0 Å². The van der Waals surface area contributed by atoms with Gasteiger partial charge in [0.2, 0.25) is 0 Å². The topological polar surface area (TPSA) is 17.1 Å². The molecule has 0 N–H and O–H groups in total. The van der Waals surface area contributed by atoms with Gasteiger partial charge >= 0.3 is 0 Å². The van der Waals surface area contributed by atoms with Crippen molar-refractivity contribution in [3.05, 3.63) is 11.1 Å². The average molecular weight is 202 g/mol. The molecule has 0 heterocycles. The molecule has 0 aliphatic heterocycles. The predicted molar refractivity (Wildman–Crippen MR) is 58.2 cm³/mol. The molecule has 3 fully saturated rings. The molecule has 0 aromatic carbocycles. The zero-order valence-electron chi connectivity index (χ0n) is 9.55. The summed E-state index contributed by atoms with van der Waals surface area (Å²) in [6.07, 6.45) is 5.44. The van der Waals surface area contributed by atoms with Crippen LogP contribution < -0.4 is 0 Å². The van der Waals surface area contributed by atoms with E-state index in [0.29, 0.717) is 17.1 Å². The number of carbonyl (C=O) groups is 1. The summed E-state index contributed by atoms with van der Waals surface area (Å²) in [7, 11) is 0. The highest BCUT2D eigenvalue weighted by Gasteiger charge is 2.74. The van der Waals surface area contributed by atoms with E-state index in [0.717, 1.165) is 23.3 Å². The van der Waals surface area contributed by atoms with Crippen molar-refractivity contribution in [2.75, 3.05) is 0 Å². The standard InChI is InChI=1S/C14H18O/c1-7-8(2)13(15)12-6-10-4-3-9-5-11(7)14(9,10)12/h9-12H,3-6H2,1-2H3. The Balaban J connectivity index is 1.90. The Kier molecular flexibility index (Phi) is 1.27. The van der Waals surface area contributed by atoms with Crippen LogP contribution in [0.5, 0.6) is 0 Å². The molecule has 0 aromatic rings. The van der Waals surface area contributed by atoms with Crippen LogP contribution in [0.3, 0.4) is 0 Å². The monoisotopic (exact) mass is 202 g/mol. The molecule has 80 valence electrons. The van der Waals surface area contributed by atoms with E-state index in [2.05, 4.69) is 13.8 Å². The maximum Gasteiger partial charge on any atom is 0.162 e. The van der Waals surface area contributed by atoms with E-state index in [4.69, 9.17) is 0 Å². The number of Topliss-reactive ketones (excluding diaryl/α,β-unsaturated/α-hetero) is 1. The van der Waals surface area contributed by atoms with E-state index in [1.54, 1.807) is 0 Å². The molecule has 0 aromatic heterocycles. The molecule has 4 aliphatic rings. The van der Waals surface area contributed by atoms with E-state index in [-0.39, 0.29) is 0 Å². The number of rotatable bonds is 0. The number of ketones is 1. The van der Waals surface area contributed by atoms with Gasteiger partial charge in [-0.05, 0) is 68.3 Å². The Hall–Kier alpha value is -0.590. The van der Waals surface area contributed by atoms with Gasteiger partial charge in [-0.25, -0.2) is 0 Å². The third kappa shape index (κ3) is 0.636. The zero-order chi connectivity index (χ0) is 10.4. The fraction of sp³-hybridized carbons (Fsp3) is 0.786. The van der Waals surface area contributed by atoms with Gasteiger partial charge in [-0.1, -0.05) is 5.57 Å². The second kappa shape index (κ2) is 2.23. The van der Waals surface area contributed by atoms with Gasteiger partial charge < -0.3 is 0 Å². The van der Waals surface area contributed by atoms with Crippen LogP contribution in [0.15, 0.2) is 11.1 Å². The molecule has 1 heteroatoms. The van der Waals surface area contributed by atoms with Crippen molar-refractivity contribution in [3.63, 3.8) is 0 Å². The highest BCUT2D eigenvalue weighted by Crippen LogP contribution is 2.78. The van der Waals surface area contributed by atoms with Crippen LogP contribution in [0, 0.1) is 29.1 Å². The molecule has 0 radical (unpaired) electrons. The van der Waals surface area contributed by atoms with Crippen molar-refractivity contribution < 1.29 is 4.79 Å². The van der Waals surface area contributed by atoms with Crippen molar-refractivity contribution in [3.8, 4) is 0 Å². The largest absolute Gasteiger partial charge is 0.294 e. The van der Waals surface area contributed by atoms with Crippen molar-refractivity contribution in [2.45, 2.75) is 39.5 Å². The van der Waals surface area contributed by atoms with Gasteiger partial charge in [0.15, 0.2) is 5.78 Å². The summed E-state index contributed by atoms with van der Waals surface area (Å²) < 4.78 is 0. The lowest BCUT2D eigenvalue weighted by atomic mass is 9.34. The minimum Gasteiger partial charge on any atom is -0.294 e. The second-order valence-corrected chi connectivity index (χ2v) is 6.22. The Morgan fingerprint density at radius 1 is 1.07 bits per heavy atom. The number of hydrogen-bond acceptors (Lipinski definition) is 1. The van der Waals surface area contributed by atoms with E-state index in [9.17, 15) is 4.79 Å². The summed E-state index contributed by atoms with van der Waals surface area (Å²) in [6, 6.07) is 0. The summed E-state index contributed by atoms with van der Waals surface area (Å²) in [6.45, 7) is 4.27. The average Bonchev–Trinajstić information content (AvgIpc) is 2.31. The zero-order valence-corrected chi connectivity index (χ0v) is 9.55. The molecule has 4 aliphatic carbocycles. The SMILES string of the molecule is CC1=C(C)C2CC3CCC4CC(C1=O)C432. The minimum atomic E-state index is 0.442. The van der Waals surface area contributed by atoms with E-state index >= 15 is 0 Å². The fourth-order valence-corrected chi connectivity index (χ4v) is 5.52. The maximum absolute atomic E-state index is 12.2. The Labute approximate surface area is 90.9 Å². The van der Waals surface area contributed by atoms with Gasteiger partial charge in [0, 0.05) is 5.92 Å². The Bertz CT molecular complexity index is 398. The summed E-state index contributed by atoms with van der Waals surface area (Å²) in [4.78, 5) is 12.2. The quantitative estimate of drug-likeness (QED) is 0.590. The first-order chi connectivity index (χ1) is 7.17. The lowest BCUT2D eigenvalue weighted by molar-refractivity contribution is -0.185. The van der Waals surface area contributed by atoms with Gasteiger partial charge in [0.1, 0.15) is 0 Å². The van der Waals surface area contributed by atoms with Crippen molar-refractivity contribution in [1.82, 2.24) is 0 Å². The molecule has 5 unspecified atom stereocenters. The van der Waals surface area contributed by atoms with Gasteiger partial charge in [0.05, 0.1) is 0 Å². The van der Waals surface area contributed by atoms with Gasteiger partial charge in [-0.15, -0.1) is 0 Å². The van der Waals surface area contributed by atoms with Crippen LogP contribution >= 0.6 is 0 Å². The molecule has 1 nitrogen and oxygen atoms in total. The van der Waals surface area contributed by atoms with Crippen LogP contribution in [-0.2, 0) is 4.79 Å². The Morgan fingerprint density at radius 2 is 1.67 bits per heavy atom. The first kappa shape index (κ1) is 8.55.